The third kappa shape index (κ3) is 5.86. The van der Waals surface area contributed by atoms with Gasteiger partial charge in [0.25, 0.3) is 5.69 Å². The number of hydrogen-bond donors (Lipinski definition) is 2. The van der Waals surface area contributed by atoms with Gasteiger partial charge in [-0.2, -0.15) is 5.10 Å². The standard InChI is InChI=1S/C21H18N4O5/c26-20(22-13-15-5-2-1-3-6-15)12-21(27)24-23-14-18-9-10-19(30-18)16-7-4-8-17(11-16)25(28)29/h1-11,14H,12-13H2,(H,22,26)(H,24,27)/b23-14-. The Morgan fingerprint density at radius 2 is 1.83 bits per heavy atom. The monoisotopic (exact) mass is 406 g/mol. The van der Waals surface area contributed by atoms with Crippen LogP contribution in [0.1, 0.15) is 17.7 Å². The maximum Gasteiger partial charge on any atom is 0.270 e. The molecule has 0 spiro atoms. The van der Waals surface area contributed by atoms with Crippen molar-refractivity contribution in [3.63, 3.8) is 0 Å². The van der Waals surface area contributed by atoms with E-state index in [1.54, 1.807) is 24.3 Å². The number of nitro benzene ring substituents is 1. The predicted molar refractivity (Wildman–Crippen MR) is 109 cm³/mol. The van der Waals surface area contributed by atoms with Crippen LogP contribution >= 0.6 is 0 Å². The molecule has 0 radical (unpaired) electrons. The van der Waals surface area contributed by atoms with Crippen LogP contribution in [0.4, 0.5) is 5.69 Å². The Morgan fingerprint density at radius 1 is 1.03 bits per heavy atom. The first-order chi connectivity index (χ1) is 14.5. The van der Waals surface area contributed by atoms with Gasteiger partial charge < -0.3 is 9.73 Å². The fourth-order valence-electron chi connectivity index (χ4n) is 2.56. The highest BCUT2D eigenvalue weighted by Gasteiger charge is 2.10. The van der Waals surface area contributed by atoms with E-state index in [0.29, 0.717) is 23.6 Å². The third-order valence-corrected chi connectivity index (χ3v) is 4.00. The number of benzene rings is 2. The lowest BCUT2D eigenvalue weighted by Crippen LogP contribution is -2.29. The molecule has 30 heavy (non-hydrogen) atoms. The summed E-state index contributed by atoms with van der Waals surface area (Å²) in [5.74, 6) is -0.225. The Labute approximate surface area is 171 Å². The van der Waals surface area contributed by atoms with E-state index in [1.165, 1.54) is 18.3 Å². The van der Waals surface area contributed by atoms with Gasteiger partial charge in [0.1, 0.15) is 17.9 Å². The quantitative estimate of drug-likeness (QED) is 0.257. The number of non-ortho nitro benzene ring substituents is 1. The molecular weight excluding hydrogens is 388 g/mol. The number of amides is 2. The highest BCUT2D eigenvalue weighted by atomic mass is 16.6. The number of rotatable bonds is 8. The predicted octanol–water partition coefficient (Wildman–Crippen LogP) is 3.01. The van der Waals surface area contributed by atoms with Crippen molar-refractivity contribution in [2.24, 2.45) is 5.10 Å². The van der Waals surface area contributed by atoms with Crippen LogP contribution in [0.25, 0.3) is 11.3 Å². The summed E-state index contributed by atoms with van der Waals surface area (Å²) in [4.78, 5) is 34.0. The smallest absolute Gasteiger partial charge is 0.270 e. The Kier molecular flexibility index (Phi) is 6.67. The molecule has 0 aliphatic carbocycles. The van der Waals surface area contributed by atoms with Gasteiger partial charge in [-0.25, -0.2) is 5.43 Å². The van der Waals surface area contributed by atoms with Gasteiger partial charge in [-0.15, -0.1) is 0 Å². The van der Waals surface area contributed by atoms with E-state index >= 15 is 0 Å². The van der Waals surface area contributed by atoms with Crippen LogP contribution in [0, 0.1) is 10.1 Å². The number of carbonyl (C=O) groups is 2. The molecule has 0 aliphatic heterocycles. The minimum absolute atomic E-state index is 0.0445. The zero-order chi connectivity index (χ0) is 21.3. The van der Waals surface area contributed by atoms with Gasteiger partial charge in [-0.05, 0) is 17.7 Å². The normalized spacial score (nSPS) is 10.7. The molecule has 2 aromatic carbocycles. The molecule has 9 heteroatoms. The molecule has 0 saturated carbocycles. The zero-order valence-corrected chi connectivity index (χ0v) is 15.8. The van der Waals surface area contributed by atoms with Crippen molar-refractivity contribution in [1.29, 1.82) is 0 Å². The fraction of sp³-hybridized carbons (Fsp3) is 0.0952. The Morgan fingerprint density at radius 3 is 2.60 bits per heavy atom. The van der Waals surface area contributed by atoms with Crippen molar-refractivity contribution in [3.8, 4) is 11.3 Å². The summed E-state index contributed by atoms with van der Waals surface area (Å²) < 4.78 is 5.55. The van der Waals surface area contributed by atoms with Crippen LogP contribution in [0.3, 0.4) is 0 Å². The molecule has 2 amide bonds. The maximum absolute atomic E-state index is 11.8. The first kappa shape index (κ1) is 20.5. The second-order valence-corrected chi connectivity index (χ2v) is 6.24. The van der Waals surface area contributed by atoms with Gasteiger partial charge in [0, 0.05) is 24.2 Å². The highest BCUT2D eigenvalue weighted by Crippen LogP contribution is 2.25. The minimum Gasteiger partial charge on any atom is -0.455 e. The summed E-state index contributed by atoms with van der Waals surface area (Å²) in [6.45, 7) is 0.336. The number of hydrazone groups is 1. The number of hydrogen-bond acceptors (Lipinski definition) is 6. The van der Waals surface area contributed by atoms with E-state index in [2.05, 4.69) is 15.8 Å². The lowest BCUT2D eigenvalue weighted by molar-refractivity contribution is -0.384. The van der Waals surface area contributed by atoms with Crippen molar-refractivity contribution in [1.82, 2.24) is 10.7 Å². The van der Waals surface area contributed by atoms with E-state index < -0.39 is 16.7 Å². The molecule has 0 atom stereocenters. The van der Waals surface area contributed by atoms with E-state index in [-0.39, 0.29) is 12.1 Å². The van der Waals surface area contributed by atoms with Crippen LogP contribution in [0.5, 0.6) is 0 Å². The van der Waals surface area contributed by atoms with Gasteiger partial charge in [-0.1, -0.05) is 42.5 Å². The number of carbonyl (C=O) groups excluding carboxylic acids is 2. The topological polar surface area (TPSA) is 127 Å². The Hall–Kier alpha value is -4.27. The van der Waals surface area contributed by atoms with Gasteiger partial charge in [0.15, 0.2) is 0 Å². The molecule has 0 unspecified atom stereocenters. The molecule has 9 nitrogen and oxygen atoms in total. The Bertz CT molecular complexity index is 1080. The van der Waals surface area contributed by atoms with E-state index in [9.17, 15) is 19.7 Å². The number of nitrogens with one attached hydrogen (secondary N) is 2. The van der Waals surface area contributed by atoms with E-state index in [4.69, 9.17) is 4.42 Å². The van der Waals surface area contributed by atoms with Crippen molar-refractivity contribution < 1.29 is 18.9 Å². The lowest BCUT2D eigenvalue weighted by Gasteiger charge is -2.04. The lowest BCUT2D eigenvalue weighted by atomic mass is 10.1. The summed E-state index contributed by atoms with van der Waals surface area (Å²) in [6.07, 6.45) is 0.919. The fourth-order valence-corrected chi connectivity index (χ4v) is 2.56. The van der Waals surface area contributed by atoms with Gasteiger partial charge >= 0.3 is 0 Å². The Balaban J connectivity index is 1.48. The third-order valence-electron chi connectivity index (χ3n) is 4.00. The average molecular weight is 406 g/mol. The van der Waals surface area contributed by atoms with E-state index in [1.807, 2.05) is 30.3 Å². The molecule has 0 aliphatic rings. The summed E-state index contributed by atoms with van der Waals surface area (Å²) >= 11 is 0. The molecule has 2 N–H and O–H groups in total. The van der Waals surface area contributed by atoms with Crippen molar-refractivity contribution in [2.45, 2.75) is 13.0 Å². The summed E-state index contributed by atoms with van der Waals surface area (Å²) in [6, 6.07) is 18.6. The molecule has 0 fully saturated rings. The number of furan rings is 1. The van der Waals surface area contributed by atoms with Gasteiger partial charge in [0.2, 0.25) is 11.8 Å². The molecule has 1 heterocycles. The van der Waals surface area contributed by atoms with Crippen molar-refractivity contribution in [2.75, 3.05) is 0 Å². The molecule has 0 bridgehead atoms. The van der Waals surface area contributed by atoms with E-state index in [0.717, 1.165) is 5.56 Å². The second kappa shape index (κ2) is 9.78. The molecule has 3 rings (SSSR count). The first-order valence-electron chi connectivity index (χ1n) is 8.98. The first-order valence-corrected chi connectivity index (χ1v) is 8.98. The SMILES string of the molecule is O=C(CC(=O)N/N=C\c1ccc(-c2cccc([N+](=O)[O-])c2)o1)NCc1ccccc1. The van der Waals surface area contributed by atoms with Crippen LogP contribution in [-0.2, 0) is 16.1 Å². The largest absolute Gasteiger partial charge is 0.455 e. The second-order valence-electron chi connectivity index (χ2n) is 6.24. The van der Waals surface area contributed by atoms with Gasteiger partial charge in [0.05, 0.1) is 11.1 Å². The average Bonchev–Trinajstić information content (AvgIpc) is 3.22. The van der Waals surface area contributed by atoms with Crippen LogP contribution < -0.4 is 10.7 Å². The maximum atomic E-state index is 11.8. The van der Waals surface area contributed by atoms with Crippen LogP contribution in [-0.4, -0.2) is 23.0 Å². The molecule has 152 valence electrons. The molecular formula is C21H18N4O5. The molecule has 0 saturated heterocycles. The number of nitro groups is 1. The van der Waals surface area contributed by atoms with Crippen LogP contribution in [0.15, 0.2) is 76.2 Å². The zero-order valence-electron chi connectivity index (χ0n) is 15.8. The molecule has 3 aromatic rings. The van der Waals surface area contributed by atoms with Gasteiger partial charge in [-0.3, -0.25) is 19.7 Å². The number of nitrogens with zero attached hydrogens (tertiary/aromatic N) is 2. The van der Waals surface area contributed by atoms with Crippen molar-refractivity contribution >= 4 is 23.7 Å². The van der Waals surface area contributed by atoms with Crippen LogP contribution in [0.2, 0.25) is 0 Å². The summed E-state index contributed by atoms with van der Waals surface area (Å²) in [5, 5.41) is 17.3. The minimum atomic E-state index is -0.567. The molecule has 1 aromatic heterocycles. The highest BCUT2D eigenvalue weighted by molar-refractivity contribution is 5.97. The van der Waals surface area contributed by atoms with Crippen molar-refractivity contribution in [3.05, 3.63) is 88.2 Å². The summed E-state index contributed by atoms with van der Waals surface area (Å²) in [5.41, 5.74) is 3.69. The summed E-state index contributed by atoms with van der Waals surface area (Å²) in [7, 11) is 0.